The van der Waals surface area contributed by atoms with Crippen LogP contribution in [0.15, 0.2) is 55.1 Å². The summed E-state index contributed by atoms with van der Waals surface area (Å²) in [5.41, 5.74) is 4.96. The van der Waals surface area contributed by atoms with Gasteiger partial charge < -0.3 is 4.90 Å². The summed E-state index contributed by atoms with van der Waals surface area (Å²) in [4.78, 5) is 15.8. The number of benzene rings is 1. The second-order valence-electron chi connectivity index (χ2n) is 7.83. The molecular formula is C22H23N9. The van der Waals surface area contributed by atoms with Gasteiger partial charge in [0.15, 0.2) is 5.65 Å². The molecule has 0 radical (unpaired) electrons. The van der Waals surface area contributed by atoms with E-state index in [0.717, 1.165) is 47.2 Å². The molecule has 0 unspecified atom stereocenters. The highest BCUT2D eigenvalue weighted by molar-refractivity contribution is 5.79. The fourth-order valence-corrected chi connectivity index (χ4v) is 3.56. The molecule has 0 N–H and O–H groups in total. The van der Waals surface area contributed by atoms with Crippen LogP contribution >= 0.6 is 0 Å². The molecule has 0 aliphatic rings. The van der Waals surface area contributed by atoms with Crippen LogP contribution in [0.5, 0.6) is 0 Å². The number of hydrogen-bond acceptors (Lipinski definition) is 7. The Hall–Kier alpha value is -3.72. The van der Waals surface area contributed by atoms with Crippen molar-refractivity contribution in [1.29, 1.82) is 0 Å². The molecule has 0 aliphatic heterocycles. The second kappa shape index (κ2) is 8.19. The van der Waals surface area contributed by atoms with Crippen molar-refractivity contribution >= 4 is 22.2 Å². The Morgan fingerprint density at radius 1 is 1.06 bits per heavy atom. The molecule has 0 spiro atoms. The van der Waals surface area contributed by atoms with Crippen LogP contribution in [-0.4, -0.2) is 65.3 Å². The molecule has 0 fully saturated rings. The SMILES string of the molecule is CN(C)CCCn1cc(-c2cnc3nnn(Cc4ccc5ncccc5c4)c3n2)cn1. The van der Waals surface area contributed by atoms with E-state index in [-0.39, 0.29) is 0 Å². The lowest BCUT2D eigenvalue weighted by molar-refractivity contribution is 0.380. The Bertz CT molecular complexity index is 1340. The van der Waals surface area contributed by atoms with Gasteiger partial charge >= 0.3 is 0 Å². The lowest BCUT2D eigenvalue weighted by Crippen LogP contribution is -2.15. The summed E-state index contributed by atoms with van der Waals surface area (Å²) in [5.74, 6) is 0. The third-order valence-corrected chi connectivity index (χ3v) is 5.15. The molecule has 0 amide bonds. The van der Waals surface area contributed by atoms with Gasteiger partial charge in [-0.25, -0.2) is 14.6 Å². The van der Waals surface area contributed by atoms with E-state index in [2.05, 4.69) is 62.6 Å². The first-order valence-corrected chi connectivity index (χ1v) is 10.2. The van der Waals surface area contributed by atoms with Crippen molar-refractivity contribution in [3.8, 4) is 11.3 Å². The largest absolute Gasteiger partial charge is 0.309 e. The lowest BCUT2D eigenvalue weighted by atomic mass is 10.1. The molecule has 0 atom stereocenters. The summed E-state index contributed by atoms with van der Waals surface area (Å²) >= 11 is 0. The Kier molecular flexibility index (Phi) is 5.09. The second-order valence-corrected chi connectivity index (χ2v) is 7.83. The summed E-state index contributed by atoms with van der Waals surface area (Å²) < 4.78 is 3.73. The summed E-state index contributed by atoms with van der Waals surface area (Å²) in [5, 5.41) is 14.0. The maximum Gasteiger partial charge on any atom is 0.221 e. The highest BCUT2D eigenvalue weighted by Crippen LogP contribution is 2.19. The number of hydrogen-bond donors (Lipinski definition) is 0. The first kappa shape index (κ1) is 19.3. The van der Waals surface area contributed by atoms with E-state index in [4.69, 9.17) is 4.98 Å². The monoisotopic (exact) mass is 413 g/mol. The van der Waals surface area contributed by atoms with Crippen LogP contribution in [0.25, 0.3) is 33.5 Å². The predicted molar refractivity (Wildman–Crippen MR) is 118 cm³/mol. The van der Waals surface area contributed by atoms with Crippen LogP contribution in [0.1, 0.15) is 12.0 Å². The molecule has 5 rings (SSSR count). The zero-order valence-electron chi connectivity index (χ0n) is 17.5. The molecule has 0 saturated carbocycles. The molecule has 9 nitrogen and oxygen atoms in total. The van der Waals surface area contributed by atoms with Crippen molar-refractivity contribution in [3.63, 3.8) is 0 Å². The molecule has 0 aliphatic carbocycles. The van der Waals surface area contributed by atoms with E-state index < -0.39 is 0 Å². The number of pyridine rings is 1. The van der Waals surface area contributed by atoms with Crippen LogP contribution < -0.4 is 0 Å². The van der Waals surface area contributed by atoms with E-state index in [9.17, 15) is 0 Å². The normalized spacial score (nSPS) is 11.7. The van der Waals surface area contributed by atoms with Crippen molar-refractivity contribution in [3.05, 3.63) is 60.7 Å². The van der Waals surface area contributed by atoms with Crippen LogP contribution in [-0.2, 0) is 13.1 Å². The molecule has 31 heavy (non-hydrogen) atoms. The molecule has 4 aromatic heterocycles. The molecule has 5 aromatic rings. The lowest BCUT2D eigenvalue weighted by Gasteiger charge is -2.08. The first-order chi connectivity index (χ1) is 15.2. The predicted octanol–water partition coefficient (Wildman–Crippen LogP) is 2.63. The molecular weight excluding hydrogens is 390 g/mol. The fourth-order valence-electron chi connectivity index (χ4n) is 3.56. The average molecular weight is 413 g/mol. The zero-order valence-corrected chi connectivity index (χ0v) is 17.5. The Morgan fingerprint density at radius 2 is 2.00 bits per heavy atom. The summed E-state index contributed by atoms with van der Waals surface area (Å²) in [7, 11) is 4.15. The zero-order chi connectivity index (χ0) is 21.2. The number of aromatic nitrogens is 8. The van der Waals surface area contributed by atoms with E-state index in [1.54, 1.807) is 17.1 Å². The minimum absolute atomic E-state index is 0.532. The maximum atomic E-state index is 4.79. The number of aryl methyl sites for hydroxylation is 1. The number of nitrogens with zero attached hydrogens (tertiary/aromatic N) is 9. The summed E-state index contributed by atoms with van der Waals surface area (Å²) in [6.45, 7) is 2.45. The topological polar surface area (TPSA) is 90.4 Å². The van der Waals surface area contributed by atoms with Crippen molar-refractivity contribution in [2.24, 2.45) is 0 Å². The summed E-state index contributed by atoms with van der Waals surface area (Å²) in [6.07, 6.45) is 8.40. The van der Waals surface area contributed by atoms with Gasteiger partial charge in [0.25, 0.3) is 0 Å². The quantitative estimate of drug-likeness (QED) is 0.405. The molecule has 0 bridgehead atoms. The van der Waals surface area contributed by atoms with Gasteiger partial charge in [-0.15, -0.1) is 5.10 Å². The molecule has 4 heterocycles. The molecule has 156 valence electrons. The molecule has 1 aromatic carbocycles. The first-order valence-electron chi connectivity index (χ1n) is 10.2. The van der Waals surface area contributed by atoms with Crippen molar-refractivity contribution in [1.82, 2.24) is 44.6 Å². The summed E-state index contributed by atoms with van der Waals surface area (Å²) in [6, 6.07) is 10.2. The van der Waals surface area contributed by atoms with Gasteiger partial charge in [-0.05, 0) is 50.8 Å². The van der Waals surface area contributed by atoms with Gasteiger partial charge in [0, 0.05) is 29.9 Å². The standard InChI is InChI=1S/C22H23N9/c1-29(2)9-4-10-30-15-18(12-25-30)20-13-24-21-22(26-20)31(28-27-21)14-16-6-7-19-17(11-16)5-3-8-23-19/h3,5-8,11-13,15H,4,9-10,14H2,1-2H3. The fraction of sp³-hybridized carbons (Fsp3) is 0.273. The van der Waals surface area contributed by atoms with Gasteiger partial charge in [0.1, 0.15) is 0 Å². The van der Waals surface area contributed by atoms with E-state index >= 15 is 0 Å². The van der Waals surface area contributed by atoms with Crippen molar-refractivity contribution in [2.75, 3.05) is 20.6 Å². The van der Waals surface area contributed by atoms with Gasteiger partial charge in [0.05, 0.1) is 30.1 Å². The van der Waals surface area contributed by atoms with Gasteiger partial charge in [-0.3, -0.25) is 9.67 Å². The highest BCUT2D eigenvalue weighted by atomic mass is 15.4. The Labute approximate surface area is 179 Å². The third-order valence-electron chi connectivity index (χ3n) is 5.15. The number of fused-ring (bicyclic) bond motifs is 2. The number of rotatable bonds is 7. The third kappa shape index (κ3) is 4.13. The Morgan fingerprint density at radius 3 is 2.90 bits per heavy atom. The van der Waals surface area contributed by atoms with E-state index in [0.29, 0.717) is 17.8 Å². The van der Waals surface area contributed by atoms with Crippen LogP contribution in [0.4, 0.5) is 0 Å². The molecule has 9 heteroatoms. The highest BCUT2D eigenvalue weighted by Gasteiger charge is 2.12. The van der Waals surface area contributed by atoms with Crippen LogP contribution in [0.2, 0.25) is 0 Å². The van der Waals surface area contributed by atoms with Gasteiger partial charge in [-0.2, -0.15) is 5.10 Å². The smallest absolute Gasteiger partial charge is 0.221 e. The maximum absolute atomic E-state index is 4.79. The van der Waals surface area contributed by atoms with E-state index in [1.807, 2.05) is 29.2 Å². The van der Waals surface area contributed by atoms with Crippen LogP contribution in [0.3, 0.4) is 0 Å². The van der Waals surface area contributed by atoms with E-state index in [1.165, 1.54) is 0 Å². The van der Waals surface area contributed by atoms with Crippen molar-refractivity contribution in [2.45, 2.75) is 19.5 Å². The minimum Gasteiger partial charge on any atom is -0.309 e. The van der Waals surface area contributed by atoms with Gasteiger partial charge in [0.2, 0.25) is 5.65 Å². The average Bonchev–Trinajstić information content (AvgIpc) is 3.40. The molecule has 0 saturated heterocycles. The van der Waals surface area contributed by atoms with Crippen molar-refractivity contribution < 1.29 is 0 Å². The Balaban J connectivity index is 1.40. The van der Waals surface area contributed by atoms with Crippen LogP contribution in [0, 0.1) is 0 Å². The minimum atomic E-state index is 0.532. The van der Waals surface area contributed by atoms with Gasteiger partial charge in [-0.1, -0.05) is 17.3 Å².